The second kappa shape index (κ2) is 23.5. The number of halogens is 2. The fourth-order valence-corrected chi connectivity index (χ4v) is 1.59. The minimum absolute atomic E-state index is 0.0561. The summed E-state index contributed by atoms with van der Waals surface area (Å²) >= 11 is 0. The predicted octanol–water partition coefficient (Wildman–Crippen LogP) is 4.86. The lowest BCUT2D eigenvalue weighted by Crippen LogP contribution is -2.20. The Morgan fingerprint density at radius 3 is 2.17 bits per heavy atom. The van der Waals surface area contributed by atoms with Gasteiger partial charge in [0.2, 0.25) is 0 Å². The van der Waals surface area contributed by atoms with Gasteiger partial charge in [0.05, 0.1) is 6.54 Å². The van der Waals surface area contributed by atoms with Crippen LogP contribution in [0.5, 0.6) is 0 Å². The van der Waals surface area contributed by atoms with Crippen molar-refractivity contribution in [3.05, 3.63) is 47.5 Å². The first-order valence-corrected chi connectivity index (χ1v) is 9.53. The number of esters is 1. The Hall–Kier alpha value is -2.52. The molecule has 0 fully saturated rings. The Morgan fingerprint density at radius 1 is 1.24 bits per heavy atom. The fourth-order valence-electron chi connectivity index (χ4n) is 1.59. The molecule has 0 aliphatic rings. The van der Waals surface area contributed by atoms with Gasteiger partial charge in [-0.1, -0.05) is 39.7 Å². The Morgan fingerprint density at radius 2 is 1.79 bits per heavy atom. The highest BCUT2D eigenvalue weighted by atomic mass is 19.1. The Kier molecular flexibility index (Phi) is 25.3. The van der Waals surface area contributed by atoms with Crippen LogP contribution in [0.25, 0.3) is 0 Å². The lowest BCUT2D eigenvalue weighted by atomic mass is 10.1. The van der Waals surface area contributed by atoms with Crippen molar-refractivity contribution in [1.29, 1.82) is 0 Å². The summed E-state index contributed by atoms with van der Waals surface area (Å²) in [6, 6.07) is 3.42. The average Bonchev–Trinajstić information content (AvgIpc) is 2.65. The van der Waals surface area contributed by atoms with E-state index in [9.17, 15) is 18.4 Å². The van der Waals surface area contributed by atoms with E-state index in [0.29, 0.717) is 5.56 Å². The summed E-state index contributed by atoms with van der Waals surface area (Å²) < 4.78 is 28.9. The van der Waals surface area contributed by atoms with Crippen molar-refractivity contribution in [2.75, 3.05) is 20.2 Å². The van der Waals surface area contributed by atoms with Crippen molar-refractivity contribution in [3.8, 4) is 12.3 Å². The van der Waals surface area contributed by atoms with E-state index < -0.39 is 11.6 Å². The van der Waals surface area contributed by atoms with Gasteiger partial charge in [0.25, 0.3) is 0 Å². The molecule has 1 aromatic carbocycles. The molecule has 0 aliphatic heterocycles. The van der Waals surface area contributed by atoms with E-state index in [0.717, 1.165) is 24.7 Å². The monoisotopic (exact) mass is 411 g/mol. The largest absolute Gasteiger partial charge is 0.452 e. The molecule has 0 heterocycles. The predicted molar refractivity (Wildman–Crippen MR) is 115 cm³/mol. The van der Waals surface area contributed by atoms with Gasteiger partial charge in [0.1, 0.15) is 17.9 Å². The van der Waals surface area contributed by atoms with Crippen molar-refractivity contribution >= 4 is 12.3 Å². The van der Waals surface area contributed by atoms with Crippen LogP contribution in [0.4, 0.5) is 8.78 Å². The van der Waals surface area contributed by atoms with Crippen LogP contribution in [0.3, 0.4) is 0 Å². The van der Waals surface area contributed by atoms with Gasteiger partial charge in [-0.2, -0.15) is 0 Å². The maximum Gasteiger partial charge on any atom is 0.320 e. The molecule has 0 saturated heterocycles. The van der Waals surface area contributed by atoms with E-state index in [1.54, 1.807) is 20.0 Å². The summed E-state index contributed by atoms with van der Waals surface area (Å²) in [6.07, 6.45) is 11.3. The number of allylic oxidation sites excluding steroid dienone is 2. The van der Waals surface area contributed by atoms with Crippen molar-refractivity contribution < 1.29 is 23.1 Å². The molecule has 164 valence electrons. The summed E-state index contributed by atoms with van der Waals surface area (Å²) in [6.45, 7) is 10.3. The molecular weight excluding hydrogens is 376 g/mol. The molecule has 0 bridgehead atoms. The number of likely N-dealkylation sites (N-methyl/N-ethyl adjacent to an activating group) is 1. The Labute approximate surface area is 174 Å². The summed E-state index contributed by atoms with van der Waals surface area (Å²) in [5.74, 6) is 1.56. The van der Waals surface area contributed by atoms with Crippen molar-refractivity contribution in [2.45, 2.75) is 47.5 Å². The van der Waals surface area contributed by atoms with E-state index in [1.807, 2.05) is 19.9 Å². The minimum atomic E-state index is -0.521. The van der Waals surface area contributed by atoms with Crippen LogP contribution in [-0.4, -0.2) is 32.5 Å². The molecule has 0 aliphatic carbocycles. The second-order valence-electron chi connectivity index (χ2n) is 5.88. The maximum atomic E-state index is 12.2. The Bertz CT molecular complexity index is 558. The van der Waals surface area contributed by atoms with Crippen LogP contribution in [0, 0.1) is 36.8 Å². The highest BCUT2D eigenvalue weighted by Crippen LogP contribution is 2.05. The summed E-state index contributed by atoms with van der Waals surface area (Å²) in [4.78, 5) is 20.2. The van der Waals surface area contributed by atoms with E-state index >= 15 is 0 Å². The molecule has 6 heteroatoms. The third-order valence-corrected chi connectivity index (χ3v) is 2.77. The zero-order chi connectivity index (χ0) is 23.1. The van der Waals surface area contributed by atoms with E-state index in [2.05, 4.69) is 29.8 Å². The normalized spacial score (nSPS) is 9.10. The number of nitrogens with one attached hydrogen (secondary N) is 1. The van der Waals surface area contributed by atoms with Crippen LogP contribution in [0.2, 0.25) is 0 Å². The summed E-state index contributed by atoms with van der Waals surface area (Å²) in [5.41, 5.74) is 0.604. The topological polar surface area (TPSA) is 55.4 Å². The summed E-state index contributed by atoms with van der Waals surface area (Å²) in [5, 5.41) is 2.63. The zero-order valence-corrected chi connectivity index (χ0v) is 18.4. The molecule has 0 saturated carbocycles. The quantitative estimate of drug-likeness (QED) is 0.301. The van der Waals surface area contributed by atoms with Gasteiger partial charge in [-0.25, -0.2) is 8.78 Å². The standard InChI is InChI=1S/C8H14O.C7H6F2.C6H9NO2.C2H6/c1-8(2)6-4-3-5-7-9;1-5-2-6(8)4-7(9)3-5;1-3-4-9-6(8)5-7-2;1-2/h3,5,7-8H,4,6H2,1-2H3;2-4H,1H3;1,7H,4-5H2,2H3;1-2H3/b5-3+;;;. The lowest BCUT2D eigenvalue weighted by molar-refractivity contribution is -0.140. The SMILES string of the molecule is C#CCOC(=O)CNC.CC.CC(C)CC/C=C/C=O.Cc1cc(F)cc(F)c1. The molecule has 1 rings (SSSR count). The van der Waals surface area contributed by atoms with Crippen molar-refractivity contribution in [2.24, 2.45) is 5.92 Å². The first kappa shape index (κ1) is 31.2. The molecule has 0 aromatic heterocycles. The molecule has 0 radical (unpaired) electrons. The number of rotatable bonds is 7. The number of terminal acetylenes is 1. The van der Waals surface area contributed by atoms with Crippen LogP contribution in [0.15, 0.2) is 30.4 Å². The highest BCUT2D eigenvalue weighted by Gasteiger charge is 1.96. The van der Waals surface area contributed by atoms with Crippen molar-refractivity contribution in [3.63, 3.8) is 0 Å². The van der Waals surface area contributed by atoms with Gasteiger partial charge in [-0.3, -0.25) is 9.59 Å². The number of aryl methyl sites for hydroxylation is 1. The van der Waals surface area contributed by atoms with Gasteiger partial charge in [0, 0.05) is 6.07 Å². The van der Waals surface area contributed by atoms with Gasteiger partial charge in [-0.15, -0.1) is 6.42 Å². The number of aldehydes is 1. The molecule has 0 unspecified atom stereocenters. The number of carbonyl (C=O) groups excluding carboxylic acids is 2. The van der Waals surface area contributed by atoms with E-state index in [1.165, 1.54) is 18.6 Å². The molecule has 29 heavy (non-hydrogen) atoms. The van der Waals surface area contributed by atoms with E-state index in [4.69, 9.17) is 6.42 Å². The van der Waals surface area contributed by atoms with Crippen LogP contribution >= 0.6 is 0 Å². The smallest absolute Gasteiger partial charge is 0.320 e. The zero-order valence-electron chi connectivity index (χ0n) is 18.4. The van der Waals surface area contributed by atoms with Crippen LogP contribution < -0.4 is 5.32 Å². The molecule has 0 spiro atoms. The second-order valence-corrected chi connectivity index (χ2v) is 5.88. The highest BCUT2D eigenvalue weighted by molar-refractivity contribution is 5.71. The van der Waals surface area contributed by atoms with Gasteiger partial charge >= 0.3 is 5.97 Å². The van der Waals surface area contributed by atoms with Gasteiger partial charge in [-0.05, 0) is 56.5 Å². The summed E-state index contributed by atoms with van der Waals surface area (Å²) in [7, 11) is 1.66. The number of benzene rings is 1. The Balaban J connectivity index is -0.000000335. The average molecular weight is 412 g/mol. The number of hydrogen-bond acceptors (Lipinski definition) is 4. The molecule has 4 nitrogen and oxygen atoms in total. The third-order valence-electron chi connectivity index (χ3n) is 2.77. The molecule has 0 amide bonds. The molecule has 1 aromatic rings. The number of hydrogen-bond donors (Lipinski definition) is 1. The molecule has 1 N–H and O–H groups in total. The third kappa shape index (κ3) is 27.8. The van der Waals surface area contributed by atoms with Crippen LogP contribution in [-0.2, 0) is 14.3 Å². The number of ether oxygens (including phenoxy) is 1. The lowest BCUT2D eigenvalue weighted by Gasteiger charge is -1.97. The van der Waals surface area contributed by atoms with E-state index in [-0.39, 0.29) is 19.1 Å². The van der Waals surface area contributed by atoms with Gasteiger partial charge < -0.3 is 10.1 Å². The molecular formula is C23H35F2NO3. The first-order chi connectivity index (χ1) is 13.8. The molecule has 0 atom stereocenters. The van der Waals surface area contributed by atoms with Gasteiger partial charge in [0.15, 0.2) is 6.61 Å². The minimum Gasteiger partial charge on any atom is -0.452 e. The van der Waals surface area contributed by atoms with Crippen LogP contribution in [0.1, 0.15) is 46.1 Å². The fraction of sp³-hybridized carbons (Fsp3) is 0.478. The van der Waals surface area contributed by atoms with Crippen molar-refractivity contribution in [1.82, 2.24) is 5.32 Å². The maximum absolute atomic E-state index is 12.2. The first-order valence-electron chi connectivity index (χ1n) is 9.53. The number of carbonyl (C=O) groups is 2.